The number of nitrogens with zero attached hydrogens (tertiary/aromatic N) is 1. The predicted molar refractivity (Wildman–Crippen MR) is 83.2 cm³/mol. The minimum Gasteiger partial charge on any atom is -0.497 e. The number of benzene rings is 1. The Labute approximate surface area is 121 Å². The summed E-state index contributed by atoms with van der Waals surface area (Å²) in [5.74, 6) is 7.14. The molecule has 0 saturated heterocycles. The highest BCUT2D eigenvalue weighted by molar-refractivity contribution is 7.09. The van der Waals surface area contributed by atoms with Crippen molar-refractivity contribution in [3.05, 3.63) is 52.2 Å². The largest absolute Gasteiger partial charge is 0.497 e. The topological polar surface area (TPSA) is 60.2 Å². The van der Waals surface area contributed by atoms with Crippen molar-refractivity contribution in [2.24, 2.45) is 5.84 Å². The van der Waals surface area contributed by atoms with E-state index in [4.69, 9.17) is 10.6 Å². The van der Waals surface area contributed by atoms with Gasteiger partial charge in [0, 0.05) is 22.2 Å². The number of hydrazine groups is 1. The highest BCUT2D eigenvalue weighted by atomic mass is 32.1. The Morgan fingerprint density at radius 1 is 1.30 bits per heavy atom. The lowest BCUT2D eigenvalue weighted by atomic mass is 10.1. The van der Waals surface area contributed by atoms with Gasteiger partial charge in [-0.25, -0.2) is 10.8 Å². The number of nitrogens with one attached hydrogen (secondary N) is 1. The van der Waals surface area contributed by atoms with Gasteiger partial charge in [0.25, 0.3) is 0 Å². The summed E-state index contributed by atoms with van der Waals surface area (Å²) in [6.07, 6.45) is 0.817. The minimum absolute atomic E-state index is 0.719. The molecular formula is C15H15N3OS. The molecule has 4 nitrogen and oxygen atoms in total. The lowest BCUT2D eigenvalue weighted by molar-refractivity contribution is 0.415. The number of nitrogens with two attached hydrogens (primary N) is 1. The molecule has 0 aliphatic carbocycles. The number of methoxy groups -OCH3 is 1. The molecule has 2 heterocycles. The Morgan fingerprint density at radius 2 is 2.20 bits per heavy atom. The van der Waals surface area contributed by atoms with Crippen molar-refractivity contribution in [1.29, 1.82) is 0 Å². The van der Waals surface area contributed by atoms with E-state index in [-0.39, 0.29) is 0 Å². The molecule has 0 aliphatic heterocycles. The maximum Gasteiger partial charge on any atom is 0.144 e. The number of ether oxygens (including phenoxy) is 1. The Hall–Kier alpha value is -2.11. The van der Waals surface area contributed by atoms with Crippen molar-refractivity contribution in [3.63, 3.8) is 0 Å². The number of anilines is 1. The maximum absolute atomic E-state index is 5.59. The molecule has 0 aliphatic rings. The molecule has 0 saturated carbocycles. The van der Waals surface area contributed by atoms with Crippen molar-refractivity contribution >= 4 is 28.1 Å². The summed E-state index contributed by atoms with van der Waals surface area (Å²) in [6, 6.07) is 12.1. The van der Waals surface area contributed by atoms with Gasteiger partial charge in [-0.2, -0.15) is 0 Å². The van der Waals surface area contributed by atoms with Crippen LogP contribution in [-0.4, -0.2) is 12.1 Å². The van der Waals surface area contributed by atoms with E-state index in [1.807, 2.05) is 24.3 Å². The van der Waals surface area contributed by atoms with E-state index in [1.165, 1.54) is 4.88 Å². The first-order chi connectivity index (χ1) is 9.80. The van der Waals surface area contributed by atoms with Crippen LogP contribution in [0.3, 0.4) is 0 Å². The van der Waals surface area contributed by atoms with Gasteiger partial charge < -0.3 is 10.2 Å². The number of fused-ring (bicyclic) bond motifs is 1. The van der Waals surface area contributed by atoms with Crippen LogP contribution in [0.2, 0.25) is 0 Å². The zero-order chi connectivity index (χ0) is 13.9. The normalized spacial score (nSPS) is 10.7. The van der Waals surface area contributed by atoms with Crippen LogP contribution in [0.5, 0.6) is 5.75 Å². The number of aromatic nitrogens is 1. The van der Waals surface area contributed by atoms with E-state index in [1.54, 1.807) is 18.4 Å². The summed E-state index contributed by atoms with van der Waals surface area (Å²) >= 11 is 1.73. The molecule has 20 heavy (non-hydrogen) atoms. The van der Waals surface area contributed by atoms with E-state index in [0.717, 1.165) is 34.5 Å². The predicted octanol–water partition coefficient (Wildman–Crippen LogP) is 3.18. The Morgan fingerprint density at radius 3 is 2.90 bits per heavy atom. The first-order valence-electron chi connectivity index (χ1n) is 6.27. The van der Waals surface area contributed by atoms with Crippen LogP contribution >= 0.6 is 11.3 Å². The summed E-state index contributed by atoms with van der Waals surface area (Å²) in [7, 11) is 1.66. The number of thiophene rings is 1. The van der Waals surface area contributed by atoms with Crippen molar-refractivity contribution in [2.45, 2.75) is 6.42 Å². The number of rotatable bonds is 4. The second-order valence-corrected chi connectivity index (χ2v) is 5.49. The van der Waals surface area contributed by atoms with E-state index in [0.29, 0.717) is 0 Å². The molecule has 3 rings (SSSR count). The van der Waals surface area contributed by atoms with E-state index in [2.05, 4.69) is 27.9 Å². The average molecular weight is 285 g/mol. The molecule has 5 heteroatoms. The molecule has 1 aromatic carbocycles. The third-order valence-electron chi connectivity index (χ3n) is 3.18. The lowest BCUT2D eigenvalue weighted by Crippen LogP contribution is -2.11. The van der Waals surface area contributed by atoms with E-state index in [9.17, 15) is 0 Å². The van der Waals surface area contributed by atoms with Gasteiger partial charge in [0.05, 0.1) is 12.6 Å². The van der Waals surface area contributed by atoms with Gasteiger partial charge in [0.15, 0.2) is 0 Å². The number of hydrogen-bond donors (Lipinski definition) is 2. The van der Waals surface area contributed by atoms with Crippen LogP contribution in [-0.2, 0) is 6.42 Å². The number of nitrogen functional groups attached to an aromatic ring is 1. The zero-order valence-electron chi connectivity index (χ0n) is 11.1. The minimum atomic E-state index is 0.719. The Balaban J connectivity index is 2.08. The molecule has 0 unspecified atom stereocenters. The maximum atomic E-state index is 5.59. The monoisotopic (exact) mass is 285 g/mol. The molecule has 3 N–H and O–H groups in total. The SMILES string of the molecule is COc1ccc2nc(NN)c(Cc3cccs3)cc2c1. The second-order valence-electron chi connectivity index (χ2n) is 4.46. The third-order valence-corrected chi connectivity index (χ3v) is 4.06. The van der Waals surface area contributed by atoms with Crippen LogP contribution in [0.25, 0.3) is 10.9 Å². The third kappa shape index (κ3) is 2.45. The summed E-state index contributed by atoms with van der Waals surface area (Å²) in [5, 5.41) is 3.12. The van der Waals surface area contributed by atoms with Gasteiger partial charge >= 0.3 is 0 Å². The molecule has 102 valence electrons. The van der Waals surface area contributed by atoms with Crippen LogP contribution in [0, 0.1) is 0 Å². The van der Waals surface area contributed by atoms with Gasteiger partial charge in [0.1, 0.15) is 11.6 Å². The van der Waals surface area contributed by atoms with E-state index < -0.39 is 0 Å². The average Bonchev–Trinajstić information content (AvgIpc) is 2.99. The molecule has 0 amide bonds. The quantitative estimate of drug-likeness (QED) is 0.571. The van der Waals surface area contributed by atoms with Gasteiger partial charge in [-0.05, 0) is 35.7 Å². The van der Waals surface area contributed by atoms with Crippen molar-refractivity contribution < 1.29 is 4.74 Å². The lowest BCUT2D eigenvalue weighted by Gasteiger charge is -2.10. The zero-order valence-corrected chi connectivity index (χ0v) is 11.9. The summed E-state index contributed by atoms with van der Waals surface area (Å²) < 4.78 is 5.26. The number of pyridine rings is 1. The Kier molecular flexibility index (Phi) is 3.54. The fraction of sp³-hybridized carbons (Fsp3) is 0.133. The van der Waals surface area contributed by atoms with Gasteiger partial charge in [-0.15, -0.1) is 11.3 Å². The molecule has 0 radical (unpaired) electrons. The van der Waals surface area contributed by atoms with E-state index >= 15 is 0 Å². The van der Waals surface area contributed by atoms with Crippen LogP contribution in [0.15, 0.2) is 41.8 Å². The summed E-state index contributed by atoms with van der Waals surface area (Å²) in [5.41, 5.74) is 4.67. The van der Waals surface area contributed by atoms with Gasteiger partial charge in [-0.1, -0.05) is 6.07 Å². The molecular weight excluding hydrogens is 270 g/mol. The first kappa shape index (κ1) is 12.9. The molecule has 2 aromatic heterocycles. The molecule has 0 bridgehead atoms. The molecule has 0 atom stereocenters. The fourth-order valence-corrected chi connectivity index (χ4v) is 2.91. The van der Waals surface area contributed by atoms with Crippen LogP contribution in [0.4, 0.5) is 5.82 Å². The molecule has 0 spiro atoms. The highest BCUT2D eigenvalue weighted by Gasteiger charge is 2.08. The number of hydrogen-bond acceptors (Lipinski definition) is 5. The summed E-state index contributed by atoms with van der Waals surface area (Å²) in [6.45, 7) is 0. The smallest absolute Gasteiger partial charge is 0.144 e. The summed E-state index contributed by atoms with van der Waals surface area (Å²) in [4.78, 5) is 5.85. The van der Waals surface area contributed by atoms with Crippen LogP contribution < -0.4 is 16.0 Å². The molecule has 3 aromatic rings. The standard InChI is InChI=1S/C15H15N3OS/c1-19-12-4-5-14-10(8-12)7-11(15(17-14)18-16)9-13-3-2-6-20-13/h2-8H,9,16H2,1H3,(H,17,18). The molecule has 0 fully saturated rings. The van der Waals surface area contributed by atoms with Gasteiger partial charge in [0.2, 0.25) is 0 Å². The van der Waals surface area contributed by atoms with Gasteiger partial charge in [-0.3, -0.25) is 0 Å². The Bertz CT molecular complexity index is 725. The van der Waals surface area contributed by atoms with Crippen molar-refractivity contribution in [3.8, 4) is 5.75 Å². The van der Waals surface area contributed by atoms with Crippen molar-refractivity contribution in [2.75, 3.05) is 12.5 Å². The second kappa shape index (κ2) is 5.48. The van der Waals surface area contributed by atoms with Crippen molar-refractivity contribution in [1.82, 2.24) is 4.98 Å². The first-order valence-corrected chi connectivity index (χ1v) is 7.15. The highest BCUT2D eigenvalue weighted by Crippen LogP contribution is 2.26. The fourth-order valence-electron chi connectivity index (χ4n) is 2.19. The van der Waals surface area contributed by atoms with Crippen LogP contribution in [0.1, 0.15) is 10.4 Å².